The molecule has 84 valence electrons. The normalized spacial score (nSPS) is 19.4. The minimum Gasteiger partial charge on any atom is -0.295 e. The summed E-state index contributed by atoms with van der Waals surface area (Å²) in [6.45, 7) is 10.4. The number of rotatable bonds is 5. The van der Waals surface area contributed by atoms with E-state index in [-0.39, 0.29) is 5.78 Å². The van der Waals surface area contributed by atoms with E-state index in [4.69, 9.17) is 0 Å². The lowest BCUT2D eigenvalue weighted by atomic mass is 9.82. The van der Waals surface area contributed by atoms with Crippen LogP contribution in [0.15, 0.2) is 23.8 Å². The van der Waals surface area contributed by atoms with Crippen LogP contribution >= 0.6 is 0 Å². The molecule has 0 aromatic carbocycles. The Bertz CT molecular complexity index is 294. The number of allylic oxidation sites excluding steroid dienone is 3. The van der Waals surface area contributed by atoms with Gasteiger partial charge in [0.25, 0.3) is 0 Å². The third-order valence-corrected chi connectivity index (χ3v) is 3.53. The standard InChI is InChI=1S/C14H22O/c1-5-12(15)7-6-8-13-11(2)9-10-14(13,3)4/h5H,1,6-10H2,2-4H3. The van der Waals surface area contributed by atoms with Gasteiger partial charge < -0.3 is 0 Å². The van der Waals surface area contributed by atoms with Gasteiger partial charge in [-0.15, -0.1) is 0 Å². The average Bonchev–Trinajstić information content (AvgIpc) is 2.44. The molecule has 0 saturated carbocycles. The van der Waals surface area contributed by atoms with Crippen LogP contribution in [0.1, 0.15) is 52.9 Å². The molecule has 1 nitrogen and oxygen atoms in total. The van der Waals surface area contributed by atoms with Crippen molar-refractivity contribution in [1.82, 2.24) is 0 Å². The maximum atomic E-state index is 11.1. The quantitative estimate of drug-likeness (QED) is 0.490. The summed E-state index contributed by atoms with van der Waals surface area (Å²) >= 11 is 0. The molecule has 15 heavy (non-hydrogen) atoms. The molecule has 0 unspecified atom stereocenters. The molecule has 0 heterocycles. The number of hydrogen-bond donors (Lipinski definition) is 0. The topological polar surface area (TPSA) is 17.1 Å². The van der Waals surface area contributed by atoms with Gasteiger partial charge in [-0.1, -0.05) is 31.6 Å². The summed E-state index contributed by atoms with van der Waals surface area (Å²) in [6, 6.07) is 0. The summed E-state index contributed by atoms with van der Waals surface area (Å²) in [5.41, 5.74) is 3.49. The molecule has 1 rings (SSSR count). The van der Waals surface area contributed by atoms with Gasteiger partial charge in [-0.2, -0.15) is 0 Å². The Balaban J connectivity index is 2.48. The van der Waals surface area contributed by atoms with Crippen molar-refractivity contribution in [2.24, 2.45) is 5.41 Å². The summed E-state index contributed by atoms with van der Waals surface area (Å²) < 4.78 is 0. The van der Waals surface area contributed by atoms with Crippen LogP contribution in [0.3, 0.4) is 0 Å². The van der Waals surface area contributed by atoms with Gasteiger partial charge in [0.1, 0.15) is 0 Å². The summed E-state index contributed by atoms with van der Waals surface area (Å²) in [5.74, 6) is 0.170. The molecule has 0 spiro atoms. The fraction of sp³-hybridized carbons (Fsp3) is 0.643. The van der Waals surface area contributed by atoms with Crippen LogP contribution < -0.4 is 0 Å². The molecule has 0 aromatic rings. The second-order valence-electron chi connectivity index (χ2n) is 5.17. The Labute approximate surface area is 93.3 Å². The van der Waals surface area contributed by atoms with Crippen molar-refractivity contribution < 1.29 is 4.79 Å². The first-order chi connectivity index (χ1) is 6.97. The van der Waals surface area contributed by atoms with Crippen LogP contribution in [0.2, 0.25) is 0 Å². The van der Waals surface area contributed by atoms with Crippen molar-refractivity contribution >= 4 is 5.78 Å². The fourth-order valence-corrected chi connectivity index (χ4v) is 2.47. The monoisotopic (exact) mass is 206 g/mol. The van der Waals surface area contributed by atoms with Crippen LogP contribution in [0.5, 0.6) is 0 Å². The average molecular weight is 206 g/mol. The van der Waals surface area contributed by atoms with Crippen molar-refractivity contribution in [3.05, 3.63) is 23.8 Å². The Morgan fingerprint density at radius 2 is 2.20 bits per heavy atom. The molecule has 0 radical (unpaired) electrons. The van der Waals surface area contributed by atoms with Crippen LogP contribution in [-0.4, -0.2) is 5.78 Å². The summed E-state index contributed by atoms with van der Waals surface area (Å²) in [5, 5.41) is 0. The van der Waals surface area contributed by atoms with Crippen LogP contribution in [0, 0.1) is 5.41 Å². The molecule has 1 aliphatic rings. The van der Waals surface area contributed by atoms with Gasteiger partial charge in [0.2, 0.25) is 0 Å². The molecule has 0 aromatic heterocycles. The van der Waals surface area contributed by atoms with E-state index in [2.05, 4.69) is 27.4 Å². The second kappa shape index (κ2) is 4.78. The zero-order chi connectivity index (χ0) is 11.5. The minimum absolute atomic E-state index is 0.170. The molecule has 1 aliphatic carbocycles. The Kier molecular flexibility index (Phi) is 3.90. The highest BCUT2D eigenvalue weighted by molar-refractivity contribution is 5.88. The van der Waals surface area contributed by atoms with Crippen molar-refractivity contribution in [2.45, 2.75) is 52.9 Å². The van der Waals surface area contributed by atoms with E-state index in [1.807, 2.05) is 0 Å². The maximum Gasteiger partial charge on any atom is 0.155 e. The van der Waals surface area contributed by atoms with Crippen LogP contribution in [-0.2, 0) is 4.79 Å². The van der Waals surface area contributed by atoms with E-state index in [1.54, 1.807) is 11.1 Å². The highest BCUT2D eigenvalue weighted by Crippen LogP contribution is 2.44. The second-order valence-corrected chi connectivity index (χ2v) is 5.17. The molecule has 0 atom stereocenters. The van der Waals surface area contributed by atoms with Gasteiger partial charge in [-0.3, -0.25) is 4.79 Å². The van der Waals surface area contributed by atoms with Gasteiger partial charge in [-0.25, -0.2) is 0 Å². The van der Waals surface area contributed by atoms with Crippen molar-refractivity contribution in [3.8, 4) is 0 Å². The van der Waals surface area contributed by atoms with Crippen LogP contribution in [0.4, 0.5) is 0 Å². The highest BCUT2D eigenvalue weighted by atomic mass is 16.1. The van der Waals surface area contributed by atoms with Crippen molar-refractivity contribution in [2.75, 3.05) is 0 Å². The molecule has 0 amide bonds. The van der Waals surface area contributed by atoms with Crippen molar-refractivity contribution in [3.63, 3.8) is 0 Å². The number of hydrogen-bond acceptors (Lipinski definition) is 1. The third kappa shape index (κ3) is 3.05. The van der Waals surface area contributed by atoms with Gasteiger partial charge in [0.15, 0.2) is 5.78 Å². The fourth-order valence-electron chi connectivity index (χ4n) is 2.47. The van der Waals surface area contributed by atoms with E-state index in [1.165, 1.54) is 18.9 Å². The Morgan fingerprint density at radius 1 is 1.53 bits per heavy atom. The first-order valence-electron chi connectivity index (χ1n) is 5.82. The summed E-state index contributed by atoms with van der Waals surface area (Å²) in [7, 11) is 0. The molecule has 0 N–H and O–H groups in total. The van der Waals surface area contributed by atoms with Gasteiger partial charge in [-0.05, 0) is 44.1 Å². The first kappa shape index (κ1) is 12.2. The summed E-state index contributed by atoms with van der Waals surface area (Å²) in [6.07, 6.45) is 6.64. The number of ketones is 1. The minimum atomic E-state index is 0.170. The van der Waals surface area contributed by atoms with E-state index < -0.39 is 0 Å². The molecular formula is C14H22O. The largest absolute Gasteiger partial charge is 0.295 e. The summed E-state index contributed by atoms with van der Waals surface area (Å²) in [4.78, 5) is 11.1. The van der Waals surface area contributed by atoms with E-state index in [0.717, 1.165) is 12.8 Å². The Morgan fingerprint density at radius 3 is 2.67 bits per heavy atom. The molecule has 0 saturated heterocycles. The first-order valence-corrected chi connectivity index (χ1v) is 5.82. The zero-order valence-electron chi connectivity index (χ0n) is 10.2. The molecule has 0 aliphatic heterocycles. The predicted octanol–water partition coefficient (Wildman–Crippen LogP) is 4.05. The predicted molar refractivity (Wildman–Crippen MR) is 64.8 cm³/mol. The zero-order valence-corrected chi connectivity index (χ0v) is 10.2. The number of carbonyl (C=O) groups is 1. The van der Waals surface area contributed by atoms with Crippen molar-refractivity contribution in [1.29, 1.82) is 0 Å². The molecule has 1 heteroatoms. The highest BCUT2D eigenvalue weighted by Gasteiger charge is 2.29. The van der Waals surface area contributed by atoms with E-state index in [0.29, 0.717) is 11.8 Å². The lowest BCUT2D eigenvalue weighted by Crippen LogP contribution is -2.10. The smallest absolute Gasteiger partial charge is 0.155 e. The molecule has 0 fully saturated rings. The van der Waals surface area contributed by atoms with Crippen LogP contribution in [0.25, 0.3) is 0 Å². The Hall–Kier alpha value is -0.850. The molecule has 0 bridgehead atoms. The van der Waals surface area contributed by atoms with Gasteiger partial charge in [0, 0.05) is 6.42 Å². The lowest BCUT2D eigenvalue weighted by molar-refractivity contribution is -0.114. The lowest BCUT2D eigenvalue weighted by Gasteiger charge is -2.22. The van der Waals surface area contributed by atoms with E-state index >= 15 is 0 Å². The van der Waals surface area contributed by atoms with Gasteiger partial charge >= 0.3 is 0 Å². The van der Waals surface area contributed by atoms with E-state index in [9.17, 15) is 4.79 Å². The third-order valence-electron chi connectivity index (χ3n) is 3.53. The maximum absolute atomic E-state index is 11.1. The van der Waals surface area contributed by atoms with Gasteiger partial charge in [0.05, 0.1) is 0 Å². The SMILES string of the molecule is C=CC(=O)CCCC1=C(C)CCC1(C)C. The molecular weight excluding hydrogens is 184 g/mol. The number of carbonyl (C=O) groups excluding carboxylic acids is 1.